The molecular weight excluding hydrogens is 821 g/mol. The molecule has 0 aromatic heterocycles. The molecule has 0 aliphatic carbocycles. The van der Waals surface area contributed by atoms with Crippen molar-refractivity contribution in [1.29, 1.82) is 0 Å². The molecule has 0 saturated heterocycles. The first kappa shape index (κ1) is 40.1. The maximum absolute atomic E-state index is 4.36. The van der Waals surface area contributed by atoms with E-state index in [1.54, 1.807) is 0 Å². The van der Waals surface area contributed by atoms with Gasteiger partial charge in [0.05, 0.1) is 34.1 Å². The summed E-state index contributed by atoms with van der Waals surface area (Å²) in [5, 5.41) is 9.86. The normalized spacial score (nSPS) is 14.5. The Kier molecular flexibility index (Phi) is 8.64. The van der Waals surface area contributed by atoms with E-state index in [-0.39, 0.29) is 10.8 Å². The Morgan fingerprint density at radius 2 is 0.603 bits per heavy atom. The van der Waals surface area contributed by atoms with E-state index < -0.39 is 0 Å². The Morgan fingerprint density at radius 3 is 0.941 bits per heavy atom. The van der Waals surface area contributed by atoms with Crippen LogP contribution in [0, 0.1) is 0 Å². The molecule has 0 amide bonds. The van der Waals surface area contributed by atoms with Gasteiger partial charge >= 0.3 is 0 Å². The van der Waals surface area contributed by atoms with E-state index in [1.165, 1.54) is 110 Å². The third-order valence-electron chi connectivity index (χ3n) is 15.5. The molecule has 2 heterocycles. The van der Waals surface area contributed by atoms with Gasteiger partial charge in [-0.2, -0.15) is 0 Å². The third-order valence-corrected chi connectivity index (χ3v) is 15.5. The predicted molar refractivity (Wildman–Crippen MR) is 292 cm³/mol. The Bertz CT molecular complexity index is 3570. The summed E-state index contributed by atoms with van der Waals surface area (Å²) in [7, 11) is 0. The summed E-state index contributed by atoms with van der Waals surface area (Å²) in [6.07, 6.45) is 4.01. The standard InChI is InChI=1S/C66H50N2/c1-7-41-37-49-43(45-21-9-15-27-57(45)67-59-29-17-11-23-53(59)65(3,4)54-24-12-18-30-60(54)67)33-35-47-48-36-34-44(50-38-42(8-2)40-52(64(48)50)51(39-41)63(47)49)46-22-10-16-28-58(46)68-61-31-19-13-25-55(61)66(5,6)56-26-14-20-32-62(56)68/h7-40H,1-2H2,3-6H3. The molecule has 0 radical (unpaired) electrons. The van der Waals surface area contributed by atoms with Gasteiger partial charge in [0.15, 0.2) is 0 Å². The molecule has 11 aromatic carbocycles. The molecule has 0 unspecified atom stereocenters. The fraction of sp³-hybridized carbons (Fsp3) is 0.0909. The zero-order chi connectivity index (χ0) is 46.1. The second-order valence-corrected chi connectivity index (χ2v) is 19.7. The van der Waals surface area contributed by atoms with Crippen LogP contribution in [0.25, 0.3) is 77.5 Å². The summed E-state index contributed by atoms with van der Waals surface area (Å²) < 4.78 is 0. The first-order chi connectivity index (χ1) is 33.2. The SMILES string of the molecule is C=Cc1cc2c(-c3ccccc3N3c4ccccc4C(C)(C)c4ccccc43)ccc3c4ccc(-c5ccccc5N5c6ccccc6C(C)(C)c6ccccc65)c5cc(C=C)cc(c(c1)c23)c54. The van der Waals surface area contributed by atoms with E-state index >= 15 is 0 Å². The van der Waals surface area contributed by atoms with Gasteiger partial charge in [-0.15, -0.1) is 0 Å². The number of hydrogen-bond acceptors (Lipinski definition) is 2. The lowest BCUT2D eigenvalue weighted by Crippen LogP contribution is -2.30. The van der Waals surface area contributed by atoms with E-state index in [0.29, 0.717) is 0 Å². The van der Waals surface area contributed by atoms with E-state index in [4.69, 9.17) is 0 Å². The Hall–Kier alpha value is -8.20. The first-order valence-corrected chi connectivity index (χ1v) is 23.8. The molecule has 0 bridgehead atoms. The van der Waals surface area contributed by atoms with Crippen LogP contribution in [-0.4, -0.2) is 0 Å². The van der Waals surface area contributed by atoms with Crippen LogP contribution in [0.3, 0.4) is 0 Å². The monoisotopic (exact) mass is 870 g/mol. The lowest BCUT2D eigenvalue weighted by atomic mass is 9.73. The fourth-order valence-corrected chi connectivity index (χ4v) is 12.2. The summed E-state index contributed by atoms with van der Waals surface area (Å²) in [5.41, 5.74) is 19.1. The maximum atomic E-state index is 4.36. The molecule has 0 N–H and O–H groups in total. The fourth-order valence-electron chi connectivity index (χ4n) is 12.2. The van der Waals surface area contributed by atoms with Crippen molar-refractivity contribution in [3.05, 3.63) is 241 Å². The molecule has 0 atom stereocenters. The summed E-state index contributed by atoms with van der Waals surface area (Å²) in [6, 6.07) is 72.5. The van der Waals surface area contributed by atoms with E-state index in [9.17, 15) is 0 Å². The van der Waals surface area contributed by atoms with Crippen LogP contribution < -0.4 is 9.80 Å². The lowest BCUT2D eigenvalue weighted by Gasteiger charge is -2.42. The Labute approximate surface area is 398 Å². The number of hydrogen-bond donors (Lipinski definition) is 0. The molecule has 2 aliphatic rings. The largest absolute Gasteiger partial charge is 0.309 e. The van der Waals surface area contributed by atoms with Crippen molar-refractivity contribution in [3.63, 3.8) is 0 Å². The van der Waals surface area contributed by atoms with Crippen molar-refractivity contribution < 1.29 is 0 Å². The third kappa shape index (κ3) is 5.52. The van der Waals surface area contributed by atoms with Crippen molar-refractivity contribution in [1.82, 2.24) is 0 Å². The summed E-state index contributed by atoms with van der Waals surface area (Å²) in [5.74, 6) is 0. The molecule has 13 rings (SSSR count). The van der Waals surface area contributed by atoms with Gasteiger partial charge in [0.2, 0.25) is 0 Å². The highest BCUT2D eigenvalue weighted by molar-refractivity contribution is 6.36. The van der Waals surface area contributed by atoms with Crippen molar-refractivity contribution in [2.24, 2.45) is 0 Å². The smallest absolute Gasteiger partial charge is 0.0540 e. The number of nitrogens with zero attached hydrogens (tertiary/aromatic N) is 2. The highest BCUT2D eigenvalue weighted by atomic mass is 15.2. The second-order valence-electron chi connectivity index (χ2n) is 19.7. The molecule has 324 valence electrons. The quantitative estimate of drug-likeness (QED) is 0.121. The van der Waals surface area contributed by atoms with E-state index in [0.717, 1.165) is 22.5 Å². The van der Waals surface area contributed by atoms with Crippen molar-refractivity contribution in [2.45, 2.75) is 38.5 Å². The van der Waals surface area contributed by atoms with Gasteiger partial charge in [-0.1, -0.05) is 186 Å². The highest BCUT2D eigenvalue weighted by Crippen LogP contribution is 2.56. The predicted octanol–water partition coefficient (Wildman–Crippen LogP) is 18.6. The minimum atomic E-state index is -0.153. The number of para-hydroxylation sites is 6. The van der Waals surface area contributed by atoms with Gasteiger partial charge in [0.1, 0.15) is 0 Å². The Morgan fingerprint density at radius 1 is 0.309 bits per heavy atom. The number of fused-ring (bicyclic) bond motifs is 6. The van der Waals surface area contributed by atoms with Crippen LogP contribution in [0.1, 0.15) is 61.1 Å². The van der Waals surface area contributed by atoms with Gasteiger partial charge in [-0.05, 0) is 148 Å². The molecule has 0 saturated carbocycles. The van der Waals surface area contributed by atoms with Crippen molar-refractivity contribution in [2.75, 3.05) is 9.80 Å². The van der Waals surface area contributed by atoms with Crippen LogP contribution in [0.2, 0.25) is 0 Å². The molecule has 11 aromatic rings. The first-order valence-electron chi connectivity index (χ1n) is 23.8. The van der Waals surface area contributed by atoms with Crippen molar-refractivity contribution in [3.8, 4) is 22.3 Å². The molecule has 2 nitrogen and oxygen atoms in total. The minimum absolute atomic E-state index is 0.153. The molecule has 0 fully saturated rings. The number of anilines is 6. The minimum Gasteiger partial charge on any atom is -0.309 e. The summed E-state index contributed by atoms with van der Waals surface area (Å²) >= 11 is 0. The number of benzene rings is 11. The van der Waals surface area contributed by atoms with E-state index in [2.05, 4.69) is 245 Å². The lowest BCUT2D eigenvalue weighted by molar-refractivity contribution is 0.632. The topological polar surface area (TPSA) is 6.48 Å². The van der Waals surface area contributed by atoms with Crippen LogP contribution >= 0.6 is 0 Å². The zero-order valence-corrected chi connectivity index (χ0v) is 38.9. The van der Waals surface area contributed by atoms with Gasteiger partial charge < -0.3 is 9.80 Å². The summed E-state index contributed by atoms with van der Waals surface area (Å²) in [4.78, 5) is 4.98. The Balaban J connectivity index is 1.06. The number of rotatable bonds is 6. The van der Waals surface area contributed by atoms with Gasteiger partial charge in [0.25, 0.3) is 0 Å². The van der Waals surface area contributed by atoms with Crippen LogP contribution in [-0.2, 0) is 10.8 Å². The molecule has 0 spiro atoms. The second kappa shape index (κ2) is 14.6. The van der Waals surface area contributed by atoms with Gasteiger partial charge in [-0.3, -0.25) is 0 Å². The average molecular weight is 871 g/mol. The highest BCUT2D eigenvalue weighted by Gasteiger charge is 2.39. The van der Waals surface area contributed by atoms with Crippen LogP contribution in [0.15, 0.2) is 207 Å². The average Bonchev–Trinajstić information content (AvgIpc) is 3.38. The van der Waals surface area contributed by atoms with Gasteiger partial charge in [0, 0.05) is 22.0 Å². The molecule has 2 aliphatic heterocycles. The van der Waals surface area contributed by atoms with E-state index in [1.807, 2.05) is 12.2 Å². The van der Waals surface area contributed by atoms with Crippen LogP contribution in [0.5, 0.6) is 0 Å². The molecule has 68 heavy (non-hydrogen) atoms. The summed E-state index contributed by atoms with van der Waals surface area (Å²) in [6.45, 7) is 18.1. The molecule has 2 heteroatoms. The molecular formula is C66H50N2. The van der Waals surface area contributed by atoms with Gasteiger partial charge in [-0.25, -0.2) is 0 Å². The van der Waals surface area contributed by atoms with Crippen molar-refractivity contribution >= 4 is 89.4 Å². The zero-order valence-electron chi connectivity index (χ0n) is 38.9. The van der Waals surface area contributed by atoms with Crippen LogP contribution in [0.4, 0.5) is 34.1 Å². The maximum Gasteiger partial charge on any atom is 0.0540 e.